The molecule has 0 radical (unpaired) electrons. The maximum Gasteiger partial charge on any atom is 0.343 e. The van der Waals surface area contributed by atoms with Gasteiger partial charge in [-0.15, -0.1) is 0 Å². The van der Waals surface area contributed by atoms with Gasteiger partial charge in [0.15, 0.2) is 0 Å². The topological polar surface area (TPSA) is 77.0 Å². The number of hydrogen-bond donors (Lipinski definition) is 0. The minimum Gasteiger partial charge on any atom is -0.459 e. The van der Waals surface area contributed by atoms with Gasteiger partial charge < -0.3 is 24.0 Å². The van der Waals surface area contributed by atoms with Crippen LogP contribution in [0.25, 0.3) is 0 Å². The number of nitrogens with zero attached hydrogens (tertiary/aromatic N) is 4. The van der Waals surface area contributed by atoms with Gasteiger partial charge in [-0.1, -0.05) is 0 Å². The van der Waals surface area contributed by atoms with Crippen molar-refractivity contribution in [3.63, 3.8) is 0 Å². The van der Waals surface area contributed by atoms with E-state index in [1.165, 1.54) is 0 Å². The lowest BCUT2D eigenvalue weighted by atomic mass is 10.2. The van der Waals surface area contributed by atoms with E-state index in [0.717, 1.165) is 13.1 Å². The number of esters is 1. The van der Waals surface area contributed by atoms with E-state index in [9.17, 15) is 4.79 Å². The second kappa shape index (κ2) is 7.76. The number of ether oxygens (including phenoxy) is 3. The maximum atomic E-state index is 12.4. The molecule has 0 spiro atoms. The van der Waals surface area contributed by atoms with Crippen molar-refractivity contribution < 1.29 is 19.0 Å². The Morgan fingerprint density at radius 1 is 1.08 bits per heavy atom. The van der Waals surface area contributed by atoms with Crippen LogP contribution in [-0.2, 0) is 14.2 Å². The Hall–Kier alpha value is -1.93. The lowest BCUT2D eigenvalue weighted by Crippen LogP contribution is -2.40. The molecule has 0 aliphatic carbocycles. The molecule has 1 aromatic heterocycles. The van der Waals surface area contributed by atoms with Crippen LogP contribution in [0.2, 0.25) is 0 Å². The summed E-state index contributed by atoms with van der Waals surface area (Å²) in [5.41, 5.74) is 0.405. The summed E-state index contributed by atoms with van der Waals surface area (Å²) >= 11 is 0. The van der Waals surface area contributed by atoms with Gasteiger partial charge >= 0.3 is 5.97 Å². The van der Waals surface area contributed by atoms with E-state index in [1.807, 2.05) is 13.8 Å². The molecule has 8 heteroatoms. The summed E-state index contributed by atoms with van der Waals surface area (Å²) < 4.78 is 16.1. The summed E-state index contributed by atoms with van der Waals surface area (Å²) in [6, 6.07) is 0. The fraction of sp³-hybridized carbons (Fsp3) is 0.688. The van der Waals surface area contributed by atoms with Gasteiger partial charge in [0.25, 0.3) is 0 Å². The molecule has 24 heavy (non-hydrogen) atoms. The van der Waals surface area contributed by atoms with Gasteiger partial charge in [0.1, 0.15) is 11.4 Å². The van der Waals surface area contributed by atoms with Gasteiger partial charge in [0.05, 0.1) is 32.5 Å². The van der Waals surface area contributed by atoms with Gasteiger partial charge in [-0.2, -0.15) is 4.98 Å². The highest BCUT2D eigenvalue weighted by Gasteiger charge is 2.25. The van der Waals surface area contributed by atoms with Crippen molar-refractivity contribution in [1.82, 2.24) is 9.97 Å². The van der Waals surface area contributed by atoms with Gasteiger partial charge in [-0.25, -0.2) is 9.78 Å². The van der Waals surface area contributed by atoms with Gasteiger partial charge in [-0.3, -0.25) is 0 Å². The molecule has 8 nitrogen and oxygen atoms in total. The minimum absolute atomic E-state index is 0.186. The lowest BCUT2D eigenvalue weighted by molar-refractivity contribution is 0.0377. The Kier molecular flexibility index (Phi) is 5.47. The molecule has 0 atom stereocenters. The molecule has 2 saturated heterocycles. The average molecular weight is 336 g/mol. The monoisotopic (exact) mass is 336 g/mol. The molecule has 1 aromatic rings. The van der Waals surface area contributed by atoms with E-state index < -0.39 is 0 Å². The molecule has 0 bridgehead atoms. The van der Waals surface area contributed by atoms with Crippen molar-refractivity contribution in [3.8, 4) is 0 Å². The zero-order chi connectivity index (χ0) is 16.9. The molecule has 0 amide bonds. The van der Waals surface area contributed by atoms with E-state index >= 15 is 0 Å². The van der Waals surface area contributed by atoms with Crippen LogP contribution in [0.4, 0.5) is 11.8 Å². The van der Waals surface area contributed by atoms with Crippen LogP contribution in [-0.4, -0.2) is 74.6 Å². The molecule has 2 aliphatic heterocycles. The number of rotatable bonds is 4. The van der Waals surface area contributed by atoms with Crippen LogP contribution in [0.1, 0.15) is 24.2 Å². The van der Waals surface area contributed by atoms with Crippen LogP contribution in [0.3, 0.4) is 0 Å². The van der Waals surface area contributed by atoms with Crippen molar-refractivity contribution in [2.45, 2.75) is 20.0 Å². The van der Waals surface area contributed by atoms with E-state index in [0.29, 0.717) is 56.8 Å². The number of carbonyl (C=O) groups excluding carboxylic acids is 1. The van der Waals surface area contributed by atoms with Crippen molar-refractivity contribution >= 4 is 17.7 Å². The highest BCUT2D eigenvalue weighted by atomic mass is 16.5. The molecule has 132 valence electrons. The third kappa shape index (κ3) is 3.93. The Labute approximate surface area is 141 Å². The van der Waals surface area contributed by atoms with Crippen LogP contribution < -0.4 is 9.80 Å². The van der Waals surface area contributed by atoms with Crippen LogP contribution in [0.15, 0.2) is 6.20 Å². The summed E-state index contributed by atoms with van der Waals surface area (Å²) in [7, 11) is 0. The highest BCUT2D eigenvalue weighted by molar-refractivity contribution is 5.94. The maximum absolute atomic E-state index is 12.4. The van der Waals surface area contributed by atoms with Gasteiger partial charge in [0, 0.05) is 32.4 Å². The largest absolute Gasteiger partial charge is 0.459 e. The summed E-state index contributed by atoms with van der Waals surface area (Å²) in [5.74, 6) is 0.862. The zero-order valence-electron chi connectivity index (χ0n) is 14.2. The summed E-state index contributed by atoms with van der Waals surface area (Å²) in [5, 5.41) is 0. The van der Waals surface area contributed by atoms with Crippen molar-refractivity contribution in [1.29, 1.82) is 0 Å². The lowest BCUT2D eigenvalue weighted by Gasteiger charge is -2.31. The fourth-order valence-corrected chi connectivity index (χ4v) is 2.72. The molecular formula is C16H24N4O4. The molecule has 3 rings (SSSR count). The number of carbonyl (C=O) groups is 1. The first-order valence-corrected chi connectivity index (χ1v) is 8.38. The minimum atomic E-state index is -0.389. The molecule has 2 aliphatic rings. The molecule has 2 fully saturated rings. The predicted octanol–water partition coefficient (Wildman–Crippen LogP) is 0.715. The zero-order valence-corrected chi connectivity index (χ0v) is 14.2. The van der Waals surface area contributed by atoms with E-state index in [2.05, 4.69) is 19.8 Å². The predicted molar refractivity (Wildman–Crippen MR) is 88.6 cm³/mol. The second-order valence-corrected chi connectivity index (χ2v) is 6.06. The second-order valence-electron chi connectivity index (χ2n) is 6.06. The van der Waals surface area contributed by atoms with E-state index in [1.54, 1.807) is 6.20 Å². The smallest absolute Gasteiger partial charge is 0.343 e. The number of morpholine rings is 2. The van der Waals surface area contributed by atoms with E-state index in [4.69, 9.17) is 14.2 Å². The third-order valence-electron chi connectivity index (χ3n) is 3.92. The molecule has 0 saturated carbocycles. The Bertz CT molecular complexity index is 569. The number of aromatic nitrogens is 2. The molecule has 3 heterocycles. The molecule has 0 unspecified atom stereocenters. The quantitative estimate of drug-likeness (QED) is 0.744. The van der Waals surface area contributed by atoms with Gasteiger partial charge in [0.2, 0.25) is 5.95 Å². The Balaban J connectivity index is 1.90. The third-order valence-corrected chi connectivity index (χ3v) is 3.92. The Morgan fingerprint density at radius 2 is 1.67 bits per heavy atom. The Morgan fingerprint density at radius 3 is 2.25 bits per heavy atom. The van der Waals surface area contributed by atoms with Crippen molar-refractivity contribution in [2.24, 2.45) is 0 Å². The molecular weight excluding hydrogens is 312 g/mol. The van der Waals surface area contributed by atoms with Crippen LogP contribution in [0.5, 0.6) is 0 Å². The summed E-state index contributed by atoms with van der Waals surface area (Å²) in [6.45, 7) is 9.11. The average Bonchev–Trinajstić information content (AvgIpc) is 2.62. The molecule has 0 N–H and O–H groups in total. The van der Waals surface area contributed by atoms with Crippen LogP contribution >= 0.6 is 0 Å². The van der Waals surface area contributed by atoms with Crippen LogP contribution in [0, 0.1) is 0 Å². The highest BCUT2D eigenvalue weighted by Crippen LogP contribution is 2.23. The fourth-order valence-electron chi connectivity index (χ4n) is 2.72. The first-order chi connectivity index (χ1) is 11.6. The first kappa shape index (κ1) is 16.9. The van der Waals surface area contributed by atoms with Crippen molar-refractivity contribution in [3.05, 3.63) is 11.8 Å². The number of anilines is 2. The van der Waals surface area contributed by atoms with Crippen molar-refractivity contribution in [2.75, 3.05) is 62.4 Å². The summed E-state index contributed by atoms with van der Waals surface area (Å²) in [4.78, 5) is 25.6. The van der Waals surface area contributed by atoms with Gasteiger partial charge in [-0.05, 0) is 13.8 Å². The SMILES string of the molecule is CC(C)OC(=O)c1cnc(N2CCOCC2)nc1N1CCOCC1. The normalized spacial score (nSPS) is 18.8. The van der Waals surface area contributed by atoms with E-state index in [-0.39, 0.29) is 12.1 Å². The standard InChI is InChI=1S/C16H24N4O4/c1-12(2)24-15(21)13-11-17-16(20-5-9-23-10-6-20)18-14(13)19-3-7-22-8-4-19/h11-12H,3-10H2,1-2H3. The first-order valence-electron chi connectivity index (χ1n) is 8.38. The molecule has 0 aromatic carbocycles. The summed E-state index contributed by atoms with van der Waals surface area (Å²) in [6.07, 6.45) is 1.39. The number of hydrogen-bond acceptors (Lipinski definition) is 8.